The molecule has 2 atom stereocenters. The molecular weight excluding hydrogens is 270 g/mol. The molecule has 1 aliphatic heterocycles. The predicted octanol–water partition coefficient (Wildman–Crippen LogP) is 3.82. The highest BCUT2D eigenvalue weighted by atomic mass is 16.3. The normalized spacial score (nSPS) is 20.7. The van der Waals surface area contributed by atoms with Crippen LogP contribution >= 0.6 is 0 Å². The second-order valence-corrected chi connectivity index (χ2v) is 6.19. The first kappa shape index (κ1) is 15.3. The number of aliphatic hydroxyl groups is 1. The third-order valence-electron chi connectivity index (χ3n) is 4.74. The van der Waals surface area contributed by atoms with Gasteiger partial charge >= 0.3 is 0 Å². The molecule has 22 heavy (non-hydrogen) atoms. The van der Waals surface area contributed by atoms with Gasteiger partial charge in [0, 0.05) is 12.1 Å². The van der Waals surface area contributed by atoms with Crippen LogP contribution in [0.3, 0.4) is 0 Å². The molecule has 116 valence electrons. The minimum Gasteiger partial charge on any atom is -0.395 e. The van der Waals surface area contributed by atoms with Crippen molar-refractivity contribution in [3.63, 3.8) is 0 Å². The van der Waals surface area contributed by atoms with Gasteiger partial charge in [-0.1, -0.05) is 67.1 Å². The van der Waals surface area contributed by atoms with Gasteiger partial charge in [0.1, 0.15) is 0 Å². The SMILES string of the molecule is OC[C@@H]1CCCCN1[C@@H](Cc1ccccc1)c1ccccc1. The summed E-state index contributed by atoms with van der Waals surface area (Å²) in [5.74, 6) is 0. The highest BCUT2D eigenvalue weighted by Crippen LogP contribution is 2.31. The van der Waals surface area contributed by atoms with Crippen LogP contribution in [0, 0.1) is 0 Å². The van der Waals surface area contributed by atoms with Crippen molar-refractivity contribution in [2.75, 3.05) is 13.2 Å². The van der Waals surface area contributed by atoms with Gasteiger partial charge < -0.3 is 5.11 Å². The van der Waals surface area contributed by atoms with Crippen LogP contribution in [0.25, 0.3) is 0 Å². The van der Waals surface area contributed by atoms with E-state index in [0.717, 1.165) is 19.4 Å². The lowest BCUT2D eigenvalue weighted by atomic mass is 9.92. The van der Waals surface area contributed by atoms with E-state index < -0.39 is 0 Å². The van der Waals surface area contributed by atoms with Crippen molar-refractivity contribution >= 4 is 0 Å². The van der Waals surface area contributed by atoms with Crippen LogP contribution in [0.4, 0.5) is 0 Å². The van der Waals surface area contributed by atoms with E-state index in [4.69, 9.17) is 0 Å². The number of piperidine rings is 1. The van der Waals surface area contributed by atoms with Gasteiger partial charge in [-0.25, -0.2) is 0 Å². The molecule has 0 radical (unpaired) electrons. The van der Waals surface area contributed by atoms with E-state index in [1.807, 2.05) is 0 Å². The molecule has 0 bridgehead atoms. The van der Waals surface area contributed by atoms with Crippen molar-refractivity contribution in [1.82, 2.24) is 4.90 Å². The Kier molecular flexibility index (Phi) is 5.25. The molecule has 1 fully saturated rings. The summed E-state index contributed by atoms with van der Waals surface area (Å²) in [6.45, 7) is 1.34. The summed E-state index contributed by atoms with van der Waals surface area (Å²) in [5, 5.41) is 9.78. The zero-order valence-corrected chi connectivity index (χ0v) is 13.1. The maximum atomic E-state index is 9.78. The zero-order valence-electron chi connectivity index (χ0n) is 13.1. The Morgan fingerprint density at radius 2 is 1.64 bits per heavy atom. The average Bonchev–Trinajstić information content (AvgIpc) is 2.61. The Hall–Kier alpha value is -1.64. The second kappa shape index (κ2) is 7.57. The highest BCUT2D eigenvalue weighted by Gasteiger charge is 2.29. The van der Waals surface area contributed by atoms with Crippen LogP contribution in [0.5, 0.6) is 0 Å². The van der Waals surface area contributed by atoms with Crippen LogP contribution in [0.15, 0.2) is 60.7 Å². The van der Waals surface area contributed by atoms with Gasteiger partial charge in [-0.2, -0.15) is 0 Å². The van der Waals surface area contributed by atoms with E-state index in [-0.39, 0.29) is 6.61 Å². The number of nitrogens with zero attached hydrogens (tertiary/aromatic N) is 1. The summed E-state index contributed by atoms with van der Waals surface area (Å²) in [7, 11) is 0. The monoisotopic (exact) mass is 295 g/mol. The third-order valence-corrected chi connectivity index (χ3v) is 4.74. The fourth-order valence-corrected chi connectivity index (χ4v) is 3.57. The quantitative estimate of drug-likeness (QED) is 0.906. The largest absolute Gasteiger partial charge is 0.395 e. The molecule has 0 saturated carbocycles. The summed E-state index contributed by atoms with van der Waals surface area (Å²) in [5.41, 5.74) is 2.71. The minimum absolute atomic E-state index is 0.262. The van der Waals surface area contributed by atoms with Gasteiger partial charge in [0.15, 0.2) is 0 Å². The fourth-order valence-electron chi connectivity index (χ4n) is 3.57. The van der Waals surface area contributed by atoms with Crippen molar-refractivity contribution in [3.8, 4) is 0 Å². The Morgan fingerprint density at radius 1 is 0.955 bits per heavy atom. The van der Waals surface area contributed by atoms with E-state index in [1.165, 1.54) is 24.0 Å². The Morgan fingerprint density at radius 3 is 2.32 bits per heavy atom. The molecule has 1 saturated heterocycles. The molecule has 3 rings (SSSR count). The number of likely N-dealkylation sites (tertiary alicyclic amines) is 1. The Balaban J connectivity index is 1.88. The van der Waals surface area contributed by atoms with E-state index in [0.29, 0.717) is 12.1 Å². The van der Waals surface area contributed by atoms with Gasteiger partial charge in [0.05, 0.1) is 6.61 Å². The number of hydrogen-bond acceptors (Lipinski definition) is 2. The van der Waals surface area contributed by atoms with Gasteiger partial charge in [0.25, 0.3) is 0 Å². The predicted molar refractivity (Wildman–Crippen MR) is 90.8 cm³/mol. The molecule has 1 N–H and O–H groups in total. The topological polar surface area (TPSA) is 23.5 Å². The van der Waals surface area contributed by atoms with Gasteiger partial charge in [-0.05, 0) is 36.9 Å². The first-order valence-corrected chi connectivity index (χ1v) is 8.34. The molecule has 0 aliphatic carbocycles. The van der Waals surface area contributed by atoms with E-state index >= 15 is 0 Å². The van der Waals surface area contributed by atoms with E-state index in [2.05, 4.69) is 65.6 Å². The number of hydrogen-bond donors (Lipinski definition) is 1. The van der Waals surface area contributed by atoms with Crippen LogP contribution in [-0.4, -0.2) is 29.2 Å². The Bertz CT molecular complexity index is 554. The molecule has 0 spiro atoms. The van der Waals surface area contributed by atoms with Gasteiger partial charge in [-0.15, -0.1) is 0 Å². The number of aliphatic hydroxyl groups excluding tert-OH is 1. The van der Waals surface area contributed by atoms with Crippen molar-refractivity contribution in [1.29, 1.82) is 0 Å². The molecular formula is C20H25NO. The van der Waals surface area contributed by atoms with Crippen molar-refractivity contribution in [3.05, 3.63) is 71.8 Å². The molecule has 0 unspecified atom stereocenters. The molecule has 2 aromatic rings. The maximum absolute atomic E-state index is 9.78. The van der Waals surface area contributed by atoms with Crippen LogP contribution in [0.1, 0.15) is 36.4 Å². The lowest BCUT2D eigenvalue weighted by molar-refractivity contribution is 0.0522. The summed E-state index contributed by atoms with van der Waals surface area (Å²) in [4.78, 5) is 2.52. The average molecular weight is 295 g/mol. The summed E-state index contributed by atoms with van der Waals surface area (Å²) in [6, 6.07) is 22.1. The van der Waals surface area contributed by atoms with Gasteiger partial charge in [0.2, 0.25) is 0 Å². The molecule has 0 aromatic heterocycles. The first-order chi connectivity index (χ1) is 10.9. The standard InChI is InChI=1S/C20H25NO/c22-16-19-13-7-8-14-21(19)20(18-11-5-2-6-12-18)15-17-9-3-1-4-10-17/h1-6,9-12,19-20,22H,7-8,13-16H2/t19-,20-/m0/s1. The lowest BCUT2D eigenvalue weighted by Crippen LogP contribution is -2.44. The lowest BCUT2D eigenvalue weighted by Gasteiger charge is -2.41. The number of benzene rings is 2. The number of rotatable bonds is 5. The molecule has 2 heteroatoms. The third kappa shape index (κ3) is 3.57. The summed E-state index contributed by atoms with van der Waals surface area (Å²) in [6.07, 6.45) is 4.57. The first-order valence-electron chi connectivity index (χ1n) is 8.34. The zero-order chi connectivity index (χ0) is 15.2. The maximum Gasteiger partial charge on any atom is 0.0587 e. The minimum atomic E-state index is 0.262. The van der Waals surface area contributed by atoms with Crippen LogP contribution in [0.2, 0.25) is 0 Å². The van der Waals surface area contributed by atoms with Crippen molar-refractivity contribution in [2.24, 2.45) is 0 Å². The van der Waals surface area contributed by atoms with Crippen molar-refractivity contribution < 1.29 is 5.11 Å². The molecule has 1 aliphatic rings. The van der Waals surface area contributed by atoms with E-state index in [1.54, 1.807) is 0 Å². The second-order valence-electron chi connectivity index (χ2n) is 6.19. The molecule has 2 nitrogen and oxygen atoms in total. The molecule has 2 aromatic carbocycles. The summed E-state index contributed by atoms with van der Waals surface area (Å²) < 4.78 is 0. The van der Waals surface area contributed by atoms with Crippen molar-refractivity contribution in [2.45, 2.75) is 37.8 Å². The van der Waals surface area contributed by atoms with Crippen LogP contribution < -0.4 is 0 Å². The van der Waals surface area contributed by atoms with Crippen LogP contribution in [-0.2, 0) is 6.42 Å². The summed E-state index contributed by atoms with van der Waals surface area (Å²) >= 11 is 0. The van der Waals surface area contributed by atoms with Gasteiger partial charge in [-0.3, -0.25) is 4.90 Å². The fraction of sp³-hybridized carbons (Fsp3) is 0.400. The smallest absolute Gasteiger partial charge is 0.0587 e. The Labute approximate surface area is 133 Å². The highest BCUT2D eigenvalue weighted by molar-refractivity contribution is 5.24. The molecule has 1 heterocycles. The van der Waals surface area contributed by atoms with E-state index in [9.17, 15) is 5.11 Å². The molecule has 0 amide bonds.